The van der Waals surface area contributed by atoms with E-state index in [2.05, 4.69) is 9.88 Å². The maximum Gasteiger partial charge on any atom is 0.147 e. The van der Waals surface area contributed by atoms with Crippen LogP contribution in [0.3, 0.4) is 0 Å². The highest BCUT2D eigenvalue weighted by molar-refractivity contribution is 6.36. The number of hydrogen-bond acceptors (Lipinski definition) is 3. The van der Waals surface area contributed by atoms with Gasteiger partial charge in [-0.3, -0.25) is 0 Å². The van der Waals surface area contributed by atoms with E-state index >= 15 is 0 Å². The molecule has 88 valence electrons. The van der Waals surface area contributed by atoms with Gasteiger partial charge in [-0.25, -0.2) is 4.98 Å². The number of rotatable bonds is 2. The van der Waals surface area contributed by atoms with E-state index in [1.807, 2.05) is 0 Å². The van der Waals surface area contributed by atoms with E-state index in [1.54, 1.807) is 12.3 Å². The van der Waals surface area contributed by atoms with E-state index in [4.69, 9.17) is 39.5 Å². The minimum atomic E-state index is 0.0314. The van der Waals surface area contributed by atoms with Crippen molar-refractivity contribution in [2.45, 2.75) is 6.10 Å². The van der Waals surface area contributed by atoms with E-state index < -0.39 is 0 Å². The second kappa shape index (κ2) is 5.41. The lowest BCUT2D eigenvalue weighted by molar-refractivity contribution is 0.0552. The summed E-state index contributed by atoms with van der Waals surface area (Å²) in [6, 6.07) is 1.69. The van der Waals surface area contributed by atoms with Gasteiger partial charge >= 0.3 is 0 Å². The molecule has 3 nitrogen and oxygen atoms in total. The minimum absolute atomic E-state index is 0.0314. The van der Waals surface area contributed by atoms with Crippen molar-refractivity contribution in [2.24, 2.45) is 0 Å². The third-order valence-electron chi connectivity index (χ3n) is 2.40. The first-order valence-corrected chi connectivity index (χ1v) is 6.23. The van der Waals surface area contributed by atoms with Crippen LogP contribution >= 0.6 is 34.8 Å². The number of aromatic nitrogens is 1. The molecular weight excluding hydrogens is 270 g/mol. The quantitative estimate of drug-likeness (QED) is 0.780. The zero-order valence-corrected chi connectivity index (χ0v) is 10.8. The van der Waals surface area contributed by atoms with Crippen molar-refractivity contribution in [2.75, 3.05) is 30.5 Å². The molecule has 0 saturated carbocycles. The molecule has 0 spiro atoms. The third-order valence-corrected chi connectivity index (χ3v) is 3.23. The van der Waals surface area contributed by atoms with Crippen LogP contribution in [0, 0.1) is 0 Å². The van der Waals surface area contributed by atoms with E-state index in [9.17, 15) is 0 Å². The predicted molar refractivity (Wildman–Crippen MR) is 66.9 cm³/mol. The third kappa shape index (κ3) is 2.72. The van der Waals surface area contributed by atoms with Gasteiger partial charge in [0, 0.05) is 19.3 Å². The lowest BCUT2D eigenvalue weighted by Crippen LogP contribution is -2.43. The van der Waals surface area contributed by atoms with Gasteiger partial charge in [0.2, 0.25) is 0 Å². The van der Waals surface area contributed by atoms with Crippen molar-refractivity contribution in [1.82, 2.24) is 4.98 Å². The molecule has 2 rings (SSSR count). The van der Waals surface area contributed by atoms with Crippen molar-refractivity contribution in [3.05, 3.63) is 22.3 Å². The fourth-order valence-electron chi connectivity index (χ4n) is 1.65. The fourth-order valence-corrected chi connectivity index (χ4v) is 2.33. The van der Waals surface area contributed by atoms with Gasteiger partial charge in [0.25, 0.3) is 0 Å². The predicted octanol–water partition coefficient (Wildman–Crippen LogP) is 2.83. The van der Waals surface area contributed by atoms with Crippen molar-refractivity contribution >= 4 is 40.6 Å². The maximum atomic E-state index is 6.09. The number of alkyl halides is 1. The zero-order chi connectivity index (χ0) is 11.5. The second-order valence-electron chi connectivity index (χ2n) is 3.55. The van der Waals surface area contributed by atoms with Crippen LogP contribution in [0.25, 0.3) is 0 Å². The Morgan fingerprint density at radius 3 is 3.00 bits per heavy atom. The van der Waals surface area contributed by atoms with Crippen LogP contribution in [0.1, 0.15) is 0 Å². The molecule has 6 heteroatoms. The molecule has 1 aromatic heterocycles. The highest BCUT2D eigenvalue weighted by Gasteiger charge is 2.22. The lowest BCUT2D eigenvalue weighted by Gasteiger charge is -2.33. The first-order chi connectivity index (χ1) is 7.70. The smallest absolute Gasteiger partial charge is 0.147 e. The van der Waals surface area contributed by atoms with Gasteiger partial charge in [-0.2, -0.15) is 0 Å². The standard InChI is InChI=1S/C10H11Cl3N2O/c11-4-8-6-15(1-2-16-8)10-9(13)3-7(12)5-14-10/h3,5,8H,1-2,4,6H2. The van der Waals surface area contributed by atoms with Crippen LogP contribution < -0.4 is 4.90 Å². The van der Waals surface area contributed by atoms with Crippen molar-refractivity contribution in [1.29, 1.82) is 0 Å². The molecule has 2 heterocycles. The average Bonchev–Trinajstić information content (AvgIpc) is 2.29. The monoisotopic (exact) mass is 280 g/mol. The van der Waals surface area contributed by atoms with E-state index in [0.717, 1.165) is 12.4 Å². The molecule has 16 heavy (non-hydrogen) atoms. The summed E-state index contributed by atoms with van der Waals surface area (Å²) in [6.45, 7) is 2.11. The molecular formula is C10H11Cl3N2O. The van der Waals surface area contributed by atoms with Crippen LogP contribution in [0.15, 0.2) is 12.3 Å². The summed E-state index contributed by atoms with van der Waals surface area (Å²) in [4.78, 5) is 6.30. The molecule has 0 N–H and O–H groups in total. The highest BCUT2D eigenvalue weighted by atomic mass is 35.5. The molecule has 1 atom stereocenters. The largest absolute Gasteiger partial charge is 0.373 e. The van der Waals surface area contributed by atoms with Gasteiger partial charge < -0.3 is 9.64 Å². The Balaban J connectivity index is 2.16. The Morgan fingerprint density at radius 2 is 2.31 bits per heavy atom. The Hall–Kier alpha value is -0.220. The number of morpholine rings is 1. The van der Waals surface area contributed by atoms with Gasteiger partial charge in [-0.05, 0) is 6.07 Å². The molecule has 1 aliphatic heterocycles. The summed E-state index contributed by atoms with van der Waals surface area (Å²) in [5.74, 6) is 1.21. The molecule has 1 aliphatic rings. The van der Waals surface area contributed by atoms with Gasteiger partial charge in [0.05, 0.1) is 28.6 Å². The van der Waals surface area contributed by atoms with Gasteiger partial charge in [0.15, 0.2) is 0 Å². The number of hydrogen-bond donors (Lipinski definition) is 0. The molecule has 0 aromatic carbocycles. The van der Waals surface area contributed by atoms with Gasteiger partial charge in [-0.15, -0.1) is 11.6 Å². The molecule has 1 saturated heterocycles. The van der Waals surface area contributed by atoms with E-state index in [-0.39, 0.29) is 6.10 Å². The normalized spacial score (nSPS) is 21.2. The van der Waals surface area contributed by atoms with Crippen LogP contribution in [0.5, 0.6) is 0 Å². The fraction of sp³-hybridized carbons (Fsp3) is 0.500. The molecule has 0 radical (unpaired) electrons. The highest BCUT2D eigenvalue weighted by Crippen LogP contribution is 2.27. The number of pyridine rings is 1. The molecule has 0 bridgehead atoms. The summed E-state index contributed by atoms with van der Waals surface area (Å²) >= 11 is 17.7. The second-order valence-corrected chi connectivity index (χ2v) is 4.70. The summed E-state index contributed by atoms with van der Waals surface area (Å²) in [5, 5.41) is 1.10. The van der Waals surface area contributed by atoms with E-state index in [1.165, 1.54) is 0 Å². The van der Waals surface area contributed by atoms with Crippen molar-refractivity contribution in [3.8, 4) is 0 Å². The SMILES string of the molecule is ClCC1CN(c2ncc(Cl)cc2Cl)CCO1. The Morgan fingerprint density at radius 1 is 1.50 bits per heavy atom. The maximum absolute atomic E-state index is 6.09. The van der Waals surface area contributed by atoms with Crippen molar-refractivity contribution in [3.63, 3.8) is 0 Å². The van der Waals surface area contributed by atoms with Crippen LogP contribution in [0.2, 0.25) is 10.0 Å². The first-order valence-electron chi connectivity index (χ1n) is 4.94. The van der Waals surface area contributed by atoms with Crippen LogP contribution in [-0.4, -0.2) is 36.7 Å². The average molecular weight is 282 g/mol. The Bertz CT molecular complexity index is 375. The number of anilines is 1. The molecule has 1 fully saturated rings. The molecule has 0 amide bonds. The lowest BCUT2D eigenvalue weighted by atomic mass is 10.3. The van der Waals surface area contributed by atoms with Gasteiger partial charge in [-0.1, -0.05) is 23.2 Å². The number of halogens is 3. The van der Waals surface area contributed by atoms with Crippen LogP contribution in [0.4, 0.5) is 5.82 Å². The number of ether oxygens (including phenoxy) is 1. The molecule has 1 unspecified atom stereocenters. The Labute approximate surface area is 109 Å². The molecule has 0 aliphatic carbocycles. The minimum Gasteiger partial charge on any atom is -0.373 e. The first kappa shape index (κ1) is 12.2. The topological polar surface area (TPSA) is 25.4 Å². The summed E-state index contributed by atoms with van der Waals surface area (Å²) in [5.41, 5.74) is 0. The van der Waals surface area contributed by atoms with Gasteiger partial charge in [0.1, 0.15) is 5.82 Å². The summed E-state index contributed by atoms with van der Waals surface area (Å²) < 4.78 is 5.47. The zero-order valence-electron chi connectivity index (χ0n) is 8.50. The molecule has 1 aromatic rings. The van der Waals surface area contributed by atoms with Crippen LogP contribution in [-0.2, 0) is 4.74 Å². The Kier molecular flexibility index (Phi) is 4.14. The summed E-state index contributed by atoms with van der Waals surface area (Å²) in [7, 11) is 0. The van der Waals surface area contributed by atoms with E-state index in [0.29, 0.717) is 29.1 Å². The van der Waals surface area contributed by atoms with Crippen molar-refractivity contribution < 1.29 is 4.74 Å². The summed E-state index contributed by atoms with van der Waals surface area (Å²) in [6.07, 6.45) is 1.62. The number of nitrogens with zero attached hydrogens (tertiary/aromatic N) is 2.